The van der Waals surface area contributed by atoms with E-state index in [4.69, 9.17) is 0 Å². The standard InChI is InChI=1S/C26H24.C2H6/c1-4-5-8-13-20(2)24-18-25(22-14-9-6-10-15-22)21(3)26(19-24)23-16-11-7-12-17-23;1-2/h4-19H,2H2,1,3H3;1-2H3/b5-4-,13-8-;. The normalized spacial score (nSPS) is 10.7. The molecule has 0 saturated heterocycles. The second-order valence-corrected chi connectivity index (χ2v) is 6.34. The molecule has 28 heavy (non-hydrogen) atoms. The smallest absolute Gasteiger partial charge is 0.0142 e. The molecule has 0 saturated carbocycles. The van der Waals surface area contributed by atoms with Gasteiger partial charge in [-0.05, 0) is 64.9 Å². The van der Waals surface area contributed by atoms with Crippen LogP contribution in [-0.4, -0.2) is 0 Å². The molecule has 0 aliphatic rings. The van der Waals surface area contributed by atoms with Crippen LogP contribution in [0.3, 0.4) is 0 Å². The summed E-state index contributed by atoms with van der Waals surface area (Å²) in [6.45, 7) is 12.5. The molecule has 0 aliphatic carbocycles. The summed E-state index contributed by atoms with van der Waals surface area (Å²) in [5.74, 6) is 0. The van der Waals surface area contributed by atoms with Crippen LogP contribution in [0.25, 0.3) is 27.8 Å². The number of rotatable bonds is 5. The molecule has 0 amide bonds. The van der Waals surface area contributed by atoms with Crippen LogP contribution < -0.4 is 0 Å². The molecule has 0 fully saturated rings. The Kier molecular flexibility index (Phi) is 8.24. The minimum Gasteiger partial charge on any atom is -0.0912 e. The summed E-state index contributed by atoms with van der Waals surface area (Å²) in [4.78, 5) is 0. The fourth-order valence-corrected chi connectivity index (χ4v) is 3.11. The Morgan fingerprint density at radius 1 is 0.750 bits per heavy atom. The van der Waals surface area contributed by atoms with Gasteiger partial charge in [-0.15, -0.1) is 0 Å². The molecule has 0 N–H and O–H groups in total. The zero-order valence-corrected chi connectivity index (χ0v) is 17.4. The highest BCUT2D eigenvalue weighted by Crippen LogP contribution is 2.35. The van der Waals surface area contributed by atoms with Crippen LogP contribution in [0.1, 0.15) is 31.9 Å². The van der Waals surface area contributed by atoms with E-state index in [1.54, 1.807) is 0 Å². The molecule has 0 spiro atoms. The summed E-state index contributed by atoms with van der Waals surface area (Å²) in [6.07, 6.45) is 8.14. The molecular weight excluding hydrogens is 336 g/mol. The third-order valence-electron chi connectivity index (χ3n) is 4.55. The molecule has 0 aromatic heterocycles. The molecule has 0 nitrogen and oxygen atoms in total. The fourth-order valence-electron chi connectivity index (χ4n) is 3.11. The predicted octanol–water partition coefficient (Wildman–Crippen LogP) is 8.50. The van der Waals surface area contributed by atoms with Gasteiger partial charge in [0.25, 0.3) is 0 Å². The minimum atomic E-state index is 1.01. The van der Waals surface area contributed by atoms with Crippen molar-refractivity contribution in [3.05, 3.63) is 115 Å². The van der Waals surface area contributed by atoms with E-state index in [-0.39, 0.29) is 0 Å². The molecule has 0 heterocycles. The molecule has 3 aromatic carbocycles. The number of hydrogen-bond donors (Lipinski definition) is 0. The van der Waals surface area contributed by atoms with E-state index in [0.29, 0.717) is 0 Å². The molecule has 0 radical (unpaired) electrons. The van der Waals surface area contributed by atoms with Crippen molar-refractivity contribution >= 4 is 5.57 Å². The van der Waals surface area contributed by atoms with Crippen LogP contribution in [0.15, 0.2) is 104 Å². The van der Waals surface area contributed by atoms with Gasteiger partial charge in [0.1, 0.15) is 0 Å². The fraction of sp³-hybridized carbons (Fsp3) is 0.143. The first-order chi connectivity index (χ1) is 13.7. The molecule has 0 unspecified atom stereocenters. The van der Waals surface area contributed by atoms with Crippen molar-refractivity contribution in [2.45, 2.75) is 27.7 Å². The van der Waals surface area contributed by atoms with Crippen molar-refractivity contribution in [2.24, 2.45) is 0 Å². The molecule has 0 aliphatic heterocycles. The molecule has 3 aromatic rings. The minimum absolute atomic E-state index is 1.01. The summed E-state index contributed by atoms with van der Waals surface area (Å²) in [5, 5.41) is 0. The van der Waals surface area contributed by atoms with Crippen LogP contribution >= 0.6 is 0 Å². The van der Waals surface area contributed by atoms with Crippen molar-refractivity contribution in [1.82, 2.24) is 0 Å². The van der Waals surface area contributed by atoms with Crippen LogP contribution in [0.2, 0.25) is 0 Å². The van der Waals surface area contributed by atoms with Gasteiger partial charge in [0, 0.05) is 0 Å². The van der Waals surface area contributed by atoms with Crippen LogP contribution in [0.4, 0.5) is 0 Å². The topological polar surface area (TPSA) is 0 Å². The highest BCUT2D eigenvalue weighted by molar-refractivity contribution is 5.85. The second kappa shape index (κ2) is 10.9. The second-order valence-electron chi connectivity index (χ2n) is 6.34. The van der Waals surface area contributed by atoms with E-state index >= 15 is 0 Å². The number of allylic oxidation sites excluding steroid dienone is 5. The first-order valence-electron chi connectivity index (χ1n) is 9.95. The first kappa shape index (κ1) is 21.2. The average molecular weight is 367 g/mol. The Labute approximate surface area is 170 Å². The van der Waals surface area contributed by atoms with E-state index in [1.165, 1.54) is 27.8 Å². The summed E-state index contributed by atoms with van der Waals surface area (Å²) < 4.78 is 0. The lowest BCUT2D eigenvalue weighted by molar-refractivity contribution is 1.43. The Morgan fingerprint density at radius 2 is 1.21 bits per heavy atom. The molecule has 0 heteroatoms. The Bertz CT molecular complexity index is 881. The maximum Gasteiger partial charge on any atom is -0.0142 e. The van der Waals surface area contributed by atoms with Crippen LogP contribution in [-0.2, 0) is 0 Å². The van der Waals surface area contributed by atoms with Gasteiger partial charge >= 0.3 is 0 Å². The Balaban J connectivity index is 0.00000136. The number of hydrogen-bond acceptors (Lipinski definition) is 0. The zero-order chi connectivity index (χ0) is 20.4. The van der Waals surface area contributed by atoms with Crippen molar-refractivity contribution < 1.29 is 0 Å². The van der Waals surface area contributed by atoms with Crippen molar-refractivity contribution in [2.75, 3.05) is 0 Å². The van der Waals surface area contributed by atoms with Gasteiger partial charge in [0.2, 0.25) is 0 Å². The average Bonchev–Trinajstić information content (AvgIpc) is 2.76. The third kappa shape index (κ3) is 5.20. The van der Waals surface area contributed by atoms with Gasteiger partial charge < -0.3 is 0 Å². The van der Waals surface area contributed by atoms with E-state index < -0.39 is 0 Å². The number of benzene rings is 3. The van der Waals surface area contributed by atoms with Gasteiger partial charge in [-0.1, -0.05) is 105 Å². The molecule has 3 rings (SSSR count). The van der Waals surface area contributed by atoms with E-state index in [0.717, 1.165) is 11.1 Å². The maximum atomic E-state index is 4.28. The highest BCUT2D eigenvalue weighted by Gasteiger charge is 2.11. The first-order valence-corrected chi connectivity index (χ1v) is 9.95. The van der Waals surface area contributed by atoms with Crippen LogP contribution in [0.5, 0.6) is 0 Å². The maximum absolute atomic E-state index is 4.28. The lowest BCUT2D eigenvalue weighted by atomic mass is 9.89. The Morgan fingerprint density at radius 3 is 1.64 bits per heavy atom. The van der Waals surface area contributed by atoms with E-state index in [1.807, 2.05) is 39.0 Å². The summed E-state index contributed by atoms with van der Waals surface area (Å²) >= 11 is 0. The third-order valence-corrected chi connectivity index (χ3v) is 4.55. The largest absolute Gasteiger partial charge is 0.0912 e. The van der Waals surface area contributed by atoms with Gasteiger partial charge in [-0.25, -0.2) is 0 Å². The van der Waals surface area contributed by atoms with Gasteiger partial charge in [0.15, 0.2) is 0 Å². The van der Waals surface area contributed by atoms with E-state index in [2.05, 4.69) is 92.4 Å². The lowest BCUT2D eigenvalue weighted by Crippen LogP contribution is -1.92. The Hall–Kier alpha value is -3.12. The lowest BCUT2D eigenvalue weighted by Gasteiger charge is -2.16. The van der Waals surface area contributed by atoms with Crippen molar-refractivity contribution in [3.63, 3.8) is 0 Å². The SMILES string of the molecule is C=C(/C=C\C=C/C)c1cc(-c2ccccc2)c(C)c(-c2ccccc2)c1.CC. The van der Waals surface area contributed by atoms with Gasteiger partial charge in [0.05, 0.1) is 0 Å². The van der Waals surface area contributed by atoms with Gasteiger partial charge in [-0.2, -0.15) is 0 Å². The summed E-state index contributed by atoms with van der Waals surface area (Å²) in [6, 6.07) is 25.6. The van der Waals surface area contributed by atoms with Crippen molar-refractivity contribution in [1.29, 1.82) is 0 Å². The highest BCUT2D eigenvalue weighted by atomic mass is 14.2. The summed E-state index contributed by atoms with van der Waals surface area (Å²) in [7, 11) is 0. The predicted molar refractivity (Wildman–Crippen MR) is 126 cm³/mol. The van der Waals surface area contributed by atoms with Gasteiger partial charge in [-0.3, -0.25) is 0 Å². The monoisotopic (exact) mass is 366 g/mol. The summed E-state index contributed by atoms with van der Waals surface area (Å²) in [5.41, 5.74) is 8.41. The van der Waals surface area contributed by atoms with Crippen molar-refractivity contribution in [3.8, 4) is 22.3 Å². The molecule has 0 bridgehead atoms. The molecular formula is C28H30. The quantitative estimate of drug-likeness (QED) is 0.397. The van der Waals surface area contributed by atoms with E-state index in [9.17, 15) is 0 Å². The van der Waals surface area contributed by atoms with Crippen LogP contribution in [0, 0.1) is 6.92 Å². The zero-order valence-electron chi connectivity index (χ0n) is 17.4. The molecule has 142 valence electrons. The molecule has 0 atom stereocenters.